The molecule has 0 N–H and O–H groups in total. The van der Waals surface area contributed by atoms with Crippen molar-refractivity contribution in [3.8, 4) is 0 Å². The molecular formula is C3H6O2. The van der Waals surface area contributed by atoms with Crippen LogP contribution in [0, 0.1) is 0 Å². The van der Waals surface area contributed by atoms with Crippen molar-refractivity contribution >= 4 is 5.97 Å². The van der Waals surface area contributed by atoms with Crippen LogP contribution < -0.4 is 0 Å². The van der Waals surface area contributed by atoms with Crippen molar-refractivity contribution in [1.82, 2.24) is 0 Å². The van der Waals surface area contributed by atoms with Crippen LogP contribution in [0.4, 0.5) is 0 Å². The summed E-state index contributed by atoms with van der Waals surface area (Å²) < 4.78 is 23.1. The Labute approximate surface area is 35.0 Å². The third-order valence-corrected chi connectivity index (χ3v) is 0.185. The normalized spacial score (nSPS) is 18.2. The minimum atomic E-state index is -2.60. The van der Waals surface area contributed by atoms with Gasteiger partial charge >= 0.3 is 5.97 Å². The van der Waals surface area contributed by atoms with Crippen molar-refractivity contribution in [2.45, 2.75) is 6.85 Å². The van der Waals surface area contributed by atoms with Crippen molar-refractivity contribution < 1.29 is 13.6 Å². The highest BCUT2D eigenvalue weighted by molar-refractivity contribution is 5.65. The number of esters is 1. The van der Waals surface area contributed by atoms with Crippen LogP contribution in [0.25, 0.3) is 0 Å². The summed E-state index contributed by atoms with van der Waals surface area (Å²) in [5, 5.41) is 0. The van der Waals surface area contributed by atoms with Gasteiger partial charge in [0.1, 0.15) is 0 Å². The van der Waals surface area contributed by atoms with Gasteiger partial charge in [-0.25, -0.2) is 0 Å². The molecule has 0 atom stereocenters. The molecule has 0 radical (unpaired) electrons. The number of methoxy groups -OCH3 is 1. The van der Waals surface area contributed by atoms with Crippen LogP contribution in [0.1, 0.15) is 11.0 Å². The zero-order chi connectivity index (χ0) is 6.78. The summed E-state index contributed by atoms with van der Waals surface area (Å²) in [6.07, 6.45) is 0. The monoisotopic (exact) mass is 77.1 g/mol. The molecule has 0 saturated heterocycles. The fourth-order valence-electron chi connectivity index (χ4n) is 0. The molecule has 0 heterocycles. The minimum absolute atomic E-state index is 1.04. The summed E-state index contributed by atoms with van der Waals surface area (Å²) in [6, 6.07) is 0. The van der Waals surface area contributed by atoms with E-state index in [0.717, 1.165) is 7.11 Å². The number of hydrogen-bond donors (Lipinski definition) is 0. The molecule has 0 spiro atoms. The molecule has 0 fully saturated rings. The van der Waals surface area contributed by atoms with E-state index in [0.29, 0.717) is 0 Å². The molecule has 2 nitrogen and oxygen atoms in total. The van der Waals surface area contributed by atoms with Gasteiger partial charge in [-0.2, -0.15) is 0 Å². The number of ether oxygens (including phenoxy) is 1. The highest BCUT2D eigenvalue weighted by Gasteiger charge is 1.75. The van der Waals surface area contributed by atoms with Gasteiger partial charge in [-0.05, 0) is 0 Å². The van der Waals surface area contributed by atoms with Gasteiger partial charge in [0.25, 0.3) is 0 Å². The molecule has 0 aromatic heterocycles. The predicted octanol–water partition coefficient (Wildman–Crippen LogP) is 0.179. The predicted molar refractivity (Wildman–Crippen MR) is 17.7 cm³/mol. The maximum atomic E-state index is 10.0. The molecule has 0 aromatic carbocycles. The standard InChI is InChI=1S/C3H6O2/c1-3(4)5-2/h1-2H3/i1D3. The Morgan fingerprint density at radius 2 is 2.80 bits per heavy atom. The van der Waals surface area contributed by atoms with E-state index < -0.39 is 12.8 Å². The molecule has 0 aliphatic heterocycles. The fourth-order valence-corrected chi connectivity index (χ4v) is 0. The minimum Gasteiger partial charge on any atom is -0.469 e. The van der Waals surface area contributed by atoms with Crippen LogP contribution in [0.2, 0.25) is 0 Å². The topological polar surface area (TPSA) is 26.3 Å². The number of carbonyl (C=O) groups excluding carboxylic acids is 1. The summed E-state index contributed by atoms with van der Waals surface area (Å²) in [7, 11) is 1.04. The molecule has 0 unspecified atom stereocenters. The van der Waals surface area contributed by atoms with E-state index in [1.807, 2.05) is 0 Å². The highest BCUT2D eigenvalue weighted by Crippen LogP contribution is 1.60. The van der Waals surface area contributed by atoms with E-state index in [1.165, 1.54) is 0 Å². The lowest BCUT2D eigenvalue weighted by Gasteiger charge is -1.80. The molecule has 0 bridgehead atoms. The van der Waals surface area contributed by atoms with E-state index >= 15 is 0 Å². The van der Waals surface area contributed by atoms with Crippen LogP contribution in [-0.4, -0.2) is 13.1 Å². The second kappa shape index (κ2) is 1.76. The zero-order valence-corrected chi connectivity index (χ0v) is 2.82. The SMILES string of the molecule is [2H]C([2H])([2H])C(=O)OC. The highest BCUT2D eigenvalue weighted by atomic mass is 16.5. The lowest BCUT2D eigenvalue weighted by Crippen LogP contribution is -1.88. The first-order chi connectivity index (χ1) is 3.48. The number of carbonyl (C=O) groups is 1. The van der Waals surface area contributed by atoms with Crippen molar-refractivity contribution in [3.63, 3.8) is 0 Å². The summed E-state index contributed by atoms with van der Waals surface area (Å²) in [4.78, 5) is 10.0. The van der Waals surface area contributed by atoms with Crippen LogP contribution >= 0.6 is 0 Å². The van der Waals surface area contributed by atoms with Crippen LogP contribution in [0.5, 0.6) is 0 Å². The quantitative estimate of drug-likeness (QED) is 0.385. The first-order valence-corrected chi connectivity index (χ1v) is 1.07. The van der Waals surface area contributed by atoms with E-state index in [1.54, 1.807) is 0 Å². The summed E-state index contributed by atoms with van der Waals surface area (Å²) in [5.41, 5.74) is 0. The Balaban J connectivity index is 3.82. The molecule has 2 heteroatoms. The van der Waals surface area contributed by atoms with E-state index in [-0.39, 0.29) is 0 Å². The van der Waals surface area contributed by atoms with Crippen LogP contribution in [0.15, 0.2) is 0 Å². The Hall–Kier alpha value is -0.530. The van der Waals surface area contributed by atoms with Gasteiger partial charge in [-0.15, -0.1) is 0 Å². The molecular weight excluding hydrogens is 68.0 g/mol. The van der Waals surface area contributed by atoms with Crippen molar-refractivity contribution in [3.05, 3.63) is 0 Å². The molecule has 0 amide bonds. The smallest absolute Gasteiger partial charge is 0.302 e. The zero-order valence-electron chi connectivity index (χ0n) is 5.82. The third-order valence-electron chi connectivity index (χ3n) is 0.185. The summed E-state index contributed by atoms with van der Waals surface area (Å²) >= 11 is 0. The first-order valence-electron chi connectivity index (χ1n) is 2.57. The molecule has 0 aliphatic rings. The second-order valence-corrected chi connectivity index (χ2v) is 0.492. The van der Waals surface area contributed by atoms with Gasteiger partial charge in [0, 0.05) is 11.0 Å². The first kappa shape index (κ1) is 1.29. The summed E-state index contributed by atoms with van der Waals surface area (Å²) in [6.45, 7) is -2.60. The second-order valence-electron chi connectivity index (χ2n) is 0.492. The maximum absolute atomic E-state index is 10.0. The summed E-state index contributed by atoms with van der Waals surface area (Å²) in [5.74, 6) is -1.17. The third kappa shape index (κ3) is 3.47. The average Bonchev–Trinajstić information content (AvgIpc) is 1.62. The number of rotatable bonds is 0. The van der Waals surface area contributed by atoms with Gasteiger partial charge in [0.05, 0.1) is 7.11 Å². The van der Waals surface area contributed by atoms with E-state index in [4.69, 9.17) is 4.11 Å². The molecule has 0 aromatic rings. The van der Waals surface area contributed by atoms with Crippen LogP contribution in [-0.2, 0) is 9.53 Å². The molecule has 30 valence electrons. The Kier molecular flexibility index (Phi) is 0.452. The van der Waals surface area contributed by atoms with E-state index in [2.05, 4.69) is 4.74 Å². The Bertz CT molecular complexity index is 95.2. The molecule has 0 rings (SSSR count). The van der Waals surface area contributed by atoms with Gasteiger partial charge < -0.3 is 4.74 Å². The Morgan fingerprint density at radius 3 is 2.80 bits per heavy atom. The lowest BCUT2D eigenvalue weighted by atomic mass is 10.8. The van der Waals surface area contributed by atoms with E-state index in [9.17, 15) is 4.79 Å². The largest absolute Gasteiger partial charge is 0.469 e. The van der Waals surface area contributed by atoms with Crippen molar-refractivity contribution in [1.29, 1.82) is 0 Å². The fraction of sp³-hybridized carbons (Fsp3) is 0.667. The van der Waals surface area contributed by atoms with Gasteiger partial charge in [0.2, 0.25) is 0 Å². The lowest BCUT2D eigenvalue weighted by molar-refractivity contribution is -0.137. The number of hydrogen-bond acceptors (Lipinski definition) is 2. The molecule has 5 heavy (non-hydrogen) atoms. The molecule has 0 saturated carbocycles. The van der Waals surface area contributed by atoms with Gasteiger partial charge in [-0.1, -0.05) is 0 Å². The Morgan fingerprint density at radius 1 is 2.20 bits per heavy atom. The van der Waals surface area contributed by atoms with Gasteiger partial charge in [-0.3, -0.25) is 4.79 Å². The van der Waals surface area contributed by atoms with Crippen LogP contribution in [0.3, 0.4) is 0 Å². The van der Waals surface area contributed by atoms with Gasteiger partial charge in [0.15, 0.2) is 0 Å². The molecule has 0 aliphatic carbocycles. The van der Waals surface area contributed by atoms with Crippen molar-refractivity contribution in [2.75, 3.05) is 7.11 Å². The maximum Gasteiger partial charge on any atom is 0.302 e. The van der Waals surface area contributed by atoms with Crippen molar-refractivity contribution in [2.24, 2.45) is 0 Å². The average molecular weight is 77.1 g/mol.